The average Bonchev–Trinajstić information content (AvgIpc) is 2.00. The molecule has 4 rings (SSSR count). The zero-order valence-corrected chi connectivity index (χ0v) is 9.39. The molecule has 0 nitrogen and oxygen atoms in total. The lowest BCUT2D eigenvalue weighted by Crippen LogP contribution is -2.49. The molecular weight excluding hydrogens is 174 g/mol. The molecule has 1 unspecified atom stereocenters. The molecule has 0 amide bonds. The molecule has 0 N–H and O–H groups in total. The molecule has 0 heterocycles. The van der Waals surface area contributed by atoms with Crippen LogP contribution in [-0.4, -0.2) is 19.4 Å². The molecule has 0 aromatic carbocycles. The van der Waals surface area contributed by atoms with Gasteiger partial charge < -0.3 is 0 Å². The number of hydrogen-bond donors (Lipinski definition) is 0. The van der Waals surface area contributed by atoms with Crippen LogP contribution in [0.15, 0.2) is 0 Å². The lowest BCUT2D eigenvalue weighted by Gasteiger charge is -2.59. The summed E-state index contributed by atoms with van der Waals surface area (Å²) in [6, 6.07) is 0. The number of rotatable bonds is 1. The van der Waals surface area contributed by atoms with E-state index in [1.54, 1.807) is 19.3 Å². The molecule has 0 spiro atoms. The summed E-state index contributed by atoms with van der Waals surface area (Å²) in [5.41, 5.74) is 0. The fraction of sp³-hybridized carbons (Fsp3) is 1.00. The third-order valence-corrected chi connectivity index (χ3v) is 6.80. The highest BCUT2D eigenvalue weighted by molar-refractivity contribution is 7.82. The van der Waals surface area contributed by atoms with E-state index < -0.39 is 0 Å². The van der Waals surface area contributed by atoms with Gasteiger partial charge in [0, 0.05) is 0 Å². The first-order valence-corrected chi connectivity index (χ1v) is 7.52. The second kappa shape index (κ2) is 2.75. The second-order valence-corrected chi connectivity index (χ2v) is 7.92. The van der Waals surface area contributed by atoms with Gasteiger partial charge in [-0.15, -0.1) is 0 Å². The minimum absolute atomic E-state index is 0.175. The average molecular weight is 192 g/mol. The van der Waals surface area contributed by atoms with Crippen molar-refractivity contribution >= 4 is 15.4 Å². The summed E-state index contributed by atoms with van der Waals surface area (Å²) in [6.07, 6.45) is 9.08. The Bertz CT molecular complexity index is 189. The van der Waals surface area contributed by atoms with Gasteiger partial charge in [-0.2, -0.15) is 7.80 Å². The third-order valence-electron chi connectivity index (χ3n) is 4.75. The van der Waals surface area contributed by atoms with Crippen LogP contribution >= 0.6 is 7.80 Å². The van der Waals surface area contributed by atoms with Crippen molar-refractivity contribution in [2.75, 3.05) is 6.66 Å². The smallest absolute Gasteiger partial charge is 0.109 e. The molecular formula is C11H18BP. The van der Waals surface area contributed by atoms with Gasteiger partial charge in [0.1, 0.15) is 7.57 Å². The zero-order chi connectivity index (χ0) is 9.05. The van der Waals surface area contributed by atoms with Crippen molar-refractivity contribution in [3.8, 4) is 0 Å². The van der Waals surface area contributed by atoms with Crippen molar-refractivity contribution in [3.05, 3.63) is 0 Å². The van der Waals surface area contributed by atoms with Gasteiger partial charge in [0.2, 0.25) is 0 Å². The fourth-order valence-corrected chi connectivity index (χ4v) is 6.14. The molecule has 4 saturated carbocycles. The maximum atomic E-state index is 6.26. The highest BCUT2D eigenvalue weighted by Gasteiger charge is 2.51. The van der Waals surface area contributed by atoms with Crippen molar-refractivity contribution in [1.29, 1.82) is 0 Å². The zero-order valence-electron chi connectivity index (χ0n) is 8.50. The maximum absolute atomic E-state index is 6.26. The Labute approximate surface area is 84.0 Å². The Balaban J connectivity index is 1.91. The van der Waals surface area contributed by atoms with Crippen molar-refractivity contribution in [2.45, 2.75) is 43.7 Å². The molecule has 4 aliphatic carbocycles. The second-order valence-electron chi connectivity index (χ2n) is 5.75. The number of hydrogen-bond acceptors (Lipinski definition) is 0. The molecule has 2 heteroatoms. The van der Waals surface area contributed by atoms with Crippen LogP contribution in [0.4, 0.5) is 0 Å². The van der Waals surface area contributed by atoms with E-state index in [9.17, 15) is 0 Å². The summed E-state index contributed by atoms with van der Waals surface area (Å²) >= 11 is 0. The van der Waals surface area contributed by atoms with Crippen molar-refractivity contribution in [3.63, 3.8) is 0 Å². The molecule has 0 saturated heterocycles. The van der Waals surface area contributed by atoms with Crippen LogP contribution in [0, 0.1) is 17.8 Å². The molecule has 13 heavy (non-hydrogen) atoms. The molecule has 0 aromatic rings. The molecule has 0 aromatic heterocycles. The molecule has 0 aliphatic heterocycles. The first-order chi connectivity index (χ1) is 6.18. The van der Waals surface area contributed by atoms with Crippen molar-refractivity contribution in [1.82, 2.24) is 0 Å². The monoisotopic (exact) mass is 192 g/mol. The van der Waals surface area contributed by atoms with Gasteiger partial charge >= 0.3 is 0 Å². The Kier molecular flexibility index (Phi) is 1.86. The topological polar surface area (TPSA) is 0 Å². The van der Waals surface area contributed by atoms with Gasteiger partial charge in [-0.25, -0.2) is 0 Å². The molecule has 2 radical (unpaired) electrons. The van der Waals surface area contributed by atoms with Gasteiger partial charge in [0.25, 0.3) is 0 Å². The summed E-state index contributed by atoms with van der Waals surface area (Å²) in [5, 5.41) is 0.643. The summed E-state index contributed by atoms with van der Waals surface area (Å²) in [4.78, 5) is 0. The van der Waals surface area contributed by atoms with E-state index in [0.29, 0.717) is 5.16 Å². The summed E-state index contributed by atoms with van der Waals surface area (Å²) < 4.78 is 0. The van der Waals surface area contributed by atoms with Crippen LogP contribution in [0.25, 0.3) is 0 Å². The summed E-state index contributed by atoms with van der Waals surface area (Å²) in [7, 11) is 6.08. The minimum atomic E-state index is -0.175. The summed E-state index contributed by atoms with van der Waals surface area (Å²) in [5.74, 6) is 3.21. The van der Waals surface area contributed by atoms with E-state index in [1.807, 2.05) is 0 Å². The molecule has 4 fully saturated rings. The SMILES string of the molecule is [B]P(C)C12CC3CC(CC(C3)C1)C2. The molecule has 70 valence electrons. The Morgan fingerprint density at radius 3 is 1.69 bits per heavy atom. The van der Waals surface area contributed by atoms with E-state index in [-0.39, 0.29) is 7.80 Å². The van der Waals surface area contributed by atoms with Gasteiger partial charge in [-0.3, -0.25) is 0 Å². The minimum Gasteiger partial charge on any atom is -0.154 e. The lowest BCUT2D eigenvalue weighted by molar-refractivity contribution is 0.0365. The highest BCUT2D eigenvalue weighted by atomic mass is 31.1. The Morgan fingerprint density at radius 1 is 1.00 bits per heavy atom. The Hall–Kier alpha value is 0.495. The van der Waals surface area contributed by atoms with Gasteiger partial charge in [0.15, 0.2) is 0 Å². The predicted molar refractivity (Wildman–Crippen MR) is 59.5 cm³/mol. The van der Waals surface area contributed by atoms with Crippen LogP contribution < -0.4 is 0 Å². The highest BCUT2D eigenvalue weighted by Crippen LogP contribution is 2.65. The van der Waals surface area contributed by atoms with Crippen LogP contribution in [0.2, 0.25) is 0 Å². The Morgan fingerprint density at radius 2 is 1.38 bits per heavy atom. The van der Waals surface area contributed by atoms with Gasteiger partial charge in [-0.05, 0) is 61.4 Å². The largest absolute Gasteiger partial charge is 0.154 e. The first-order valence-electron chi connectivity index (χ1n) is 5.66. The van der Waals surface area contributed by atoms with Crippen molar-refractivity contribution < 1.29 is 0 Å². The molecule has 1 atom stereocenters. The van der Waals surface area contributed by atoms with Crippen LogP contribution in [0.3, 0.4) is 0 Å². The van der Waals surface area contributed by atoms with Crippen LogP contribution in [-0.2, 0) is 0 Å². The van der Waals surface area contributed by atoms with Crippen LogP contribution in [0.5, 0.6) is 0 Å². The van der Waals surface area contributed by atoms with Gasteiger partial charge in [0.05, 0.1) is 0 Å². The lowest BCUT2D eigenvalue weighted by atomic mass is 9.56. The third kappa shape index (κ3) is 1.23. The quantitative estimate of drug-likeness (QED) is 0.442. The van der Waals surface area contributed by atoms with E-state index >= 15 is 0 Å². The normalized spacial score (nSPS) is 55.3. The standard InChI is InChI=1S/C11H18BP/c1-13(12)11-5-8-2-9(6-11)4-10(3-8)7-11/h8-10H,2-7H2,1H3. The van der Waals surface area contributed by atoms with Crippen LogP contribution in [0.1, 0.15) is 38.5 Å². The van der Waals surface area contributed by atoms with Gasteiger partial charge in [-0.1, -0.05) is 6.66 Å². The van der Waals surface area contributed by atoms with E-state index in [2.05, 4.69) is 6.66 Å². The maximum Gasteiger partial charge on any atom is 0.109 e. The van der Waals surface area contributed by atoms with E-state index in [1.165, 1.54) is 19.3 Å². The first kappa shape index (κ1) is 8.78. The van der Waals surface area contributed by atoms with E-state index in [0.717, 1.165) is 17.8 Å². The predicted octanol–water partition coefficient (Wildman–Crippen LogP) is 3.15. The molecule has 4 bridgehead atoms. The fourth-order valence-electron chi connectivity index (χ4n) is 4.50. The van der Waals surface area contributed by atoms with E-state index in [4.69, 9.17) is 7.57 Å². The molecule has 4 aliphatic rings. The van der Waals surface area contributed by atoms with Crippen molar-refractivity contribution in [2.24, 2.45) is 17.8 Å². The summed E-state index contributed by atoms with van der Waals surface area (Å²) in [6.45, 7) is 2.31.